The average molecular weight is 261 g/mol. The molecule has 1 atom stereocenters. The van der Waals surface area contributed by atoms with E-state index in [0.29, 0.717) is 19.4 Å². The van der Waals surface area contributed by atoms with Gasteiger partial charge < -0.3 is 16.4 Å². The van der Waals surface area contributed by atoms with Gasteiger partial charge >= 0.3 is 0 Å². The highest BCUT2D eigenvalue weighted by Crippen LogP contribution is 2.23. The van der Waals surface area contributed by atoms with Gasteiger partial charge in [-0.15, -0.1) is 0 Å². The van der Waals surface area contributed by atoms with E-state index in [1.165, 1.54) is 0 Å². The van der Waals surface area contributed by atoms with Crippen LogP contribution in [0.3, 0.4) is 0 Å². The van der Waals surface area contributed by atoms with Crippen molar-refractivity contribution < 1.29 is 9.59 Å². The van der Waals surface area contributed by atoms with Gasteiger partial charge in [0.25, 0.3) is 0 Å². The molecule has 0 saturated carbocycles. The molecule has 2 amide bonds. The van der Waals surface area contributed by atoms with Crippen LogP contribution in [0.5, 0.6) is 0 Å². The molecular weight excluding hydrogens is 242 g/mol. The summed E-state index contributed by atoms with van der Waals surface area (Å²) in [5.74, 6) is 0.0189. The van der Waals surface area contributed by atoms with Crippen LogP contribution in [0.4, 0.5) is 5.69 Å². The van der Waals surface area contributed by atoms with E-state index >= 15 is 0 Å². The monoisotopic (exact) mass is 261 g/mol. The third-order valence-corrected chi connectivity index (χ3v) is 3.04. The first-order valence-electron chi connectivity index (χ1n) is 6.48. The summed E-state index contributed by atoms with van der Waals surface area (Å²) < 4.78 is 0. The predicted octanol–water partition coefficient (Wildman–Crippen LogP) is 0.577. The number of nitrogens with one attached hydrogen (secondary N) is 2. The van der Waals surface area contributed by atoms with Crippen molar-refractivity contribution in [2.75, 3.05) is 11.9 Å². The summed E-state index contributed by atoms with van der Waals surface area (Å²) in [6.07, 6.45) is 1.55. The third-order valence-electron chi connectivity index (χ3n) is 3.04. The van der Waals surface area contributed by atoms with Crippen LogP contribution >= 0.6 is 0 Å². The number of nitrogens with two attached hydrogens (primary N) is 1. The standard InChI is InChI=1S/C14H19N3O2/c1-9(15)6-13(18)16-5-4-10-2-3-12-11(7-10)8-14(19)17-12/h2-3,7,9H,4-6,8,15H2,1H3,(H,16,18)(H,17,19). The molecule has 0 aliphatic carbocycles. The van der Waals surface area contributed by atoms with Crippen LogP contribution in [0.15, 0.2) is 18.2 Å². The normalized spacial score (nSPS) is 14.7. The van der Waals surface area contributed by atoms with Gasteiger partial charge in [0.05, 0.1) is 6.42 Å². The highest BCUT2D eigenvalue weighted by atomic mass is 16.2. The number of hydrogen-bond donors (Lipinski definition) is 3. The summed E-state index contributed by atoms with van der Waals surface area (Å²) in [4.78, 5) is 22.7. The Bertz CT molecular complexity index is 497. The van der Waals surface area contributed by atoms with Gasteiger partial charge in [0.15, 0.2) is 0 Å². The lowest BCUT2D eigenvalue weighted by atomic mass is 10.1. The molecule has 0 bridgehead atoms. The third kappa shape index (κ3) is 3.79. The van der Waals surface area contributed by atoms with Crippen LogP contribution in [0, 0.1) is 0 Å². The fourth-order valence-corrected chi connectivity index (χ4v) is 2.15. The van der Waals surface area contributed by atoms with E-state index in [2.05, 4.69) is 10.6 Å². The number of benzene rings is 1. The Hall–Kier alpha value is -1.88. The number of anilines is 1. The van der Waals surface area contributed by atoms with Gasteiger partial charge in [0.1, 0.15) is 0 Å². The van der Waals surface area contributed by atoms with Crippen molar-refractivity contribution >= 4 is 17.5 Å². The molecule has 2 rings (SSSR count). The Balaban J connectivity index is 1.83. The number of amides is 2. The van der Waals surface area contributed by atoms with Crippen LogP contribution in [-0.4, -0.2) is 24.4 Å². The molecule has 1 aromatic carbocycles. The second-order valence-electron chi connectivity index (χ2n) is 5.00. The number of carbonyl (C=O) groups excluding carboxylic acids is 2. The Morgan fingerprint density at radius 2 is 2.32 bits per heavy atom. The van der Waals surface area contributed by atoms with Crippen molar-refractivity contribution in [1.82, 2.24) is 5.32 Å². The molecule has 1 aliphatic heterocycles. The van der Waals surface area contributed by atoms with Gasteiger partial charge in [-0.1, -0.05) is 12.1 Å². The number of carbonyl (C=O) groups is 2. The number of hydrogen-bond acceptors (Lipinski definition) is 3. The van der Waals surface area contributed by atoms with E-state index in [-0.39, 0.29) is 17.9 Å². The molecule has 0 saturated heterocycles. The molecule has 0 fully saturated rings. The highest BCUT2D eigenvalue weighted by Gasteiger charge is 2.17. The van der Waals surface area contributed by atoms with Gasteiger partial charge in [-0.05, 0) is 30.5 Å². The van der Waals surface area contributed by atoms with Crippen molar-refractivity contribution in [3.05, 3.63) is 29.3 Å². The first-order chi connectivity index (χ1) is 9.04. The minimum Gasteiger partial charge on any atom is -0.356 e. The van der Waals surface area contributed by atoms with Crippen LogP contribution < -0.4 is 16.4 Å². The summed E-state index contributed by atoms with van der Waals surface area (Å²) in [5, 5.41) is 5.64. The van der Waals surface area contributed by atoms with Crippen LogP contribution in [0.2, 0.25) is 0 Å². The summed E-state index contributed by atoms with van der Waals surface area (Å²) in [6.45, 7) is 2.40. The van der Waals surface area contributed by atoms with Crippen LogP contribution in [0.1, 0.15) is 24.5 Å². The van der Waals surface area contributed by atoms with Crippen molar-refractivity contribution in [3.8, 4) is 0 Å². The highest BCUT2D eigenvalue weighted by molar-refractivity contribution is 5.99. The molecular formula is C14H19N3O2. The maximum atomic E-state index is 11.4. The minimum absolute atomic E-state index is 0.0204. The Morgan fingerprint density at radius 1 is 1.53 bits per heavy atom. The average Bonchev–Trinajstić information content (AvgIpc) is 2.67. The summed E-state index contributed by atoms with van der Waals surface area (Å²) >= 11 is 0. The van der Waals surface area contributed by atoms with E-state index in [0.717, 1.165) is 23.2 Å². The second-order valence-corrected chi connectivity index (χ2v) is 5.00. The molecule has 1 aromatic rings. The van der Waals surface area contributed by atoms with E-state index < -0.39 is 0 Å². The first kappa shape index (κ1) is 13.5. The van der Waals surface area contributed by atoms with Crippen molar-refractivity contribution in [3.63, 3.8) is 0 Å². The zero-order valence-electron chi connectivity index (χ0n) is 11.0. The summed E-state index contributed by atoms with van der Waals surface area (Å²) in [7, 11) is 0. The zero-order chi connectivity index (χ0) is 13.8. The lowest BCUT2D eigenvalue weighted by Gasteiger charge is -2.08. The van der Waals surface area contributed by atoms with Crippen molar-refractivity contribution in [2.45, 2.75) is 32.2 Å². The van der Waals surface area contributed by atoms with Gasteiger partial charge in [-0.25, -0.2) is 0 Å². The minimum atomic E-state index is -0.114. The first-order valence-corrected chi connectivity index (χ1v) is 6.48. The van der Waals surface area contributed by atoms with Gasteiger partial charge in [0, 0.05) is 24.7 Å². The van der Waals surface area contributed by atoms with Crippen LogP contribution in [0.25, 0.3) is 0 Å². The predicted molar refractivity (Wildman–Crippen MR) is 73.8 cm³/mol. The fraction of sp³-hybridized carbons (Fsp3) is 0.429. The Kier molecular flexibility index (Phi) is 4.16. The van der Waals surface area contributed by atoms with E-state index in [1.807, 2.05) is 25.1 Å². The molecule has 0 spiro atoms. The molecule has 4 N–H and O–H groups in total. The largest absolute Gasteiger partial charge is 0.356 e. The smallest absolute Gasteiger partial charge is 0.228 e. The van der Waals surface area contributed by atoms with Gasteiger partial charge in [-0.3, -0.25) is 9.59 Å². The van der Waals surface area contributed by atoms with Crippen molar-refractivity contribution in [2.24, 2.45) is 5.73 Å². The Morgan fingerprint density at radius 3 is 3.05 bits per heavy atom. The van der Waals surface area contributed by atoms with Gasteiger partial charge in [-0.2, -0.15) is 0 Å². The SMILES string of the molecule is CC(N)CC(=O)NCCc1ccc2c(c1)CC(=O)N2. The summed E-state index contributed by atoms with van der Waals surface area (Å²) in [6, 6.07) is 5.80. The maximum Gasteiger partial charge on any atom is 0.228 e. The van der Waals surface area contributed by atoms with E-state index in [1.54, 1.807) is 0 Å². The molecule has 1 unspecified atom stereocenters. The molecule has 102 valence electrons. The fourth-order valence-electron chi connectivity index (χ4n) is 2.15. The Labute approximate surface area is 112 Å². The molecule has 1 aliphatic rings. The van der Waals surface area contributed by atoms with Gasteiger partial charge in [0.2, 0.25) is 11.8 Å². The summed E-state index contributed by atoms with van der Waals surface area (Å²) in [5.41, 5.74) is 8.60. The molecule has 0 aromatic heterocycles. The molecule has 5 nitrogen and oxygen atoms in total. The quantitative estimate of drug-likeness (QED) is 0.724. The number of fused-ring (bicyclic) bond motifs is 1. The molecule has 0 radical (unpaired) electrons. The molecule has 1 heterocycles. The lowest BCUT2D eigenvalue weighted by Crippen LogP contribution is -2.31. The second kappa shape index (κ2) is 5.84. The zero-order valence-corrected chi connectivity index (χ0v) is 11.0. The number of rotatable bonds is 5. The van der Waals surface area contributed by atoms with Crippen molar-refractivity contribution in [1.29, 1.82) is 0 Å². The molecule has 19 heavy (non-hydrogen) atoms. The molecule has 5 heteroatoms. The lowest BCUT2D eigenvalue weighted by molar-refractivity contribution is -0.121. The van der Waals surface area contributed by atoms with Crippen LogP contribution in [-0.2, 0) is 22.4 Å². The maximum absolute atomic E-state index is 11.4. The van der Waals surface area contributed by atoms with E-state index in [9.17, 15) is 9.59 Å². The van der Waals surface area contributed by atoms with E-state index in [4.69, 9.17) is 5.73 Å². The topological polar surface area (TPSA) is 84.2 Å².